The summed E-state index contributed by atoms with van der Waals surface area (Å²) in [5.41, 5.74) is 3.91. The molecule has 74 heavy (non-hydrogen) atoms. The molecule has 0 radical (unpaired) electrons. The number of nitrogens with zero attached hydrogens (tertiary/aromatic N) is 1. The quantitative estimate of drug-likeness (QED) is 0.0794. The van der Waals surface area contributed by atoms with Gasteiger partial charge in [-0.1, -0.05) is 84.9 Å². The maximum Gasteiger partial charge on any atom is 0.409 e. The first kappa shape index (κ1) is 52.7. The van der Waals surface area contributed by atoms with Crippen LogP contribution in [0.2, 0.25) is 0 Å². The Labute approximate surface area is 428 Å². The number of aromatic nitrogens is 1. The zero-order chi connectivity index (χ0) is 52.6. The minimum Gasteiger partial charge on any atom is -0.463 e. The maximum absolute atomic E-state index is 14.3. The highest BCUT2D eigenvalue weighted by molar-refractivity contribution is 7.67. The van der Waals surface area contributed by atoms with Crippen molar-refractivity contribution in [2.24, 2.45) is 0 Å². The molecule has 0 unspecified atom stereocenters. The van der Waals surface area contributed by atoms with Gasteiger partial charge in [0.05, 0.1) is 11.1 Å². The number of ether oxygens (including phenoxy) is 9. The van der Waals surface area contributed by atoms with Gasteiger partial charge in [-0.25, -0.2) is 19.0 Å². The number of nitrogens with one attached hydrogen (secondary N) is 2. The molecule has 2 amide bonds. The van der Waals surface area contributed by atoms with Crippen molar-refractivity contribution in [2.75, 3.05) is 19.8 Å². The van der Waals surface area contributed by atoms with Crippen LogP contribution in [0.15, 0.2) is 119 Å². The number of rotatable bonds is 16. The molecule has 23 heteroatoms. The first-order valence-electron chi connectivity index (χ1n) is 23.1. The van der Waals surface area contributed by atoms with Crippen molar-refractivity contribution in [1.29, 1.82) is 0 Å². The smallest absolute Gasteiger partial charge is 0.409 e. The van der Waals surface area contributed by atoms with Crippen molar-refractivity contribution >= 4 is 62.5 Å². The van der Waals surface area contributed by atoms with Crippen molar-refractivity contribution in [1.82, 2.24) is 15.2 Å². The van der Waals surface area contributed by atoms with E-state index >= 15 is 0 Å². The molecule has 3 heterocycles. The van der Waals surface area contributed by atoms with E-state index in [9.17, 15) is 43.2 Å². The van der Waals surface area contributed by atoms with Crippen molar-refractivity contribution in [3.05, 3.63) is 151 Å². The van der Waals surface area contributed by atoms with E-state index in [0.717, 1.165) is 49.9 Å². The molecule has 5 aromatic rings. The largest absolute Gasteiger partial charge is 0.463 e. The lowest BCUT2D eigenvalue weighted by Crippen LogP contribution is -2.71. The Kier molecular flexibility index (Phi) is 16.8. The number of hydrogen-bond acceptors (Lipinski definition) is 20. The van der Waals surface area contributed by atoms with Gasteiger partial charge in [0.2, 0.25) is 5.91 Å². The minimum absolute atomic E-state index is 0.0158. The molecule has 2 saturated heterocycles. The predicted molar refractivity (Wildman–Crippen MR) is 260 cm³/mol. The van der Waals surface area contributed by atoms with Crippen LogP contribution in [-0.4, -0.2) is 121 Å². The summed E-state index contributed by atoms with van der Waals surface area (Å²) in [7, 11) is 1.03. The fourth-order valence-electron chi connectivity index (χ4n) is 9.13. The van der Waals surface area contributed by atoms with Crippen LogP contribution in [0.5, 0.6) is 0 Å². The van der Waals surface area contributed by atoms with Gasteiger partial charge in [0, 0.05) is 33.6 Å². The van der Waals surface area contributed by atoms with Crippen LogP contribution in [0, 0.1) is 0 Å². The van der Waals surface area contributed by atoms with Crippen LogP contribution >= 0.6 is 20.7 Å². The number of hydrogen-bond donors (Lipinski definition) is 2. The monoisotopic (exact) mass is 1060 g/mol. The van der Waals surface area contributed by atoms with Gasteiger partial charge >= 0.3 is 45.7 Å². The fourth-order valence-corrected chi connectivity index (χ4v) is 10.8. The molecular formula is C51H49N3O18S2. The third kappa shape index (κ3) is 12.1. The molecule has 21 nitrogen and oxygen atoms in total. The zero-order valence-corrected chi connectivity index (χ0v) is 41.6. The molecule has 10 atom stereocenters. The highest BCUT2D eigenvalue weighted by atomic mass is 32.9. The molecule has 1 aromatic heterocycles. The summed E-state index contributed by atoms with van der Waals surface area (Å²) in [5.74, 6) is -5.64. The molecule has 0 bridgehead atoms. The first-order chi connectivity index (χ1) is 35.6. The fraction of sp³-hybridized carbons (Fsp3) is 0.353. The van der Waals surface area contributed by atoms with Crippen LogP contribution < -0.4 is 20.4 Å². The average molecular weight is 1060 g/mol. The number of carbonyl (C=O) groups excluding carboxylic acids is 7. The van der Waals surface area contributed by atoms with E-state index in [4.69, 9.17) is 42.6 Å². The molecule has 0 saturated carbocycles. The summed E-state index contributed by atoms with van der Waals surface area (Å²) in [6.07, 6.45) is -14.9. The Morgan fingerprint density at radius 2 is 1.07 bits per heavy atom. The van der Waals surface area contributed by atoms with Gasteiger partial charge in [-0.15, -0.1) is 0 Å². The molecule has 388 valence electrons. The zero-order valence-electron chi connectivity index (χ0n) is 40.0. The van der Waals surface area contributed by atoms with E-state index in [1.807, 2.05) is 48.5 Å². The minimum atomic E-state index is -2.00. The Bertz CT molecular complexity index is 2930. The second kappa shape index (κ2) is 23.5. The predicted octanol–water partition coefficient (Wildman–Crippen LogP) is 4.26. The molecule has 0 spiro atoms. The molecule has 1 aliphatic carbocycles. The van der Waals surface area contributed by atoms with Crippen molar-refractivity contribution in [3.63, 3.8) is 0 Å². The van der Waals surface area contributed by atoms with E-state index in [0.29, 0.717) is 25.2 Å². The van der Waals surface area contributed by atoms with Crippen LogP contribution in [0.4, 0.5) is 4.79 Å². The van der Waals surface area contributed by atoms with Crippen LogP contribution in [0.3, 0.4) is 0 Å². The van der Waals surface area contributed by atoms with E-state index in [-0.39, 0.29) is 23.7 Å². The normalized spacial score (nSPS) is 23.9. The van der Waals surface area contributed by atoms with Crippen LogP contribution in [-0.2, 0) is 61.8 Å². The van der Waals surface area contributed by atoms with Crippen LogP contribution in [0.25, 0.3) is 11.1 Å². The third-order valence-corrected chi connectivity index (χ3v) is 14.0. The Hall–Kier alpha value is -7.57. The highest BCUT2D eigenvalue weighted by Crippen LogP contribution is 2.45. The Balaban J connectivity index is 1.21. The number of fused-ring (bicyclic) bond motifs is 3. The average Bonchev–Trinajstić information content (AvgIpc) is 3.88. The molecule has 2 N–H and O–H groups in total. The summed E-state index contributed by atoms with van der Waals surface area (Å²) in [4.78, 5) is 119. The van der Waals surface area contributed by atoms with Crippen LogP contribution in [0.1, 0.15) is 71.5 Å². The number of alkyl carbamates (subject to hydrolysis) is 1. The van der Waals surface area contributed by atoms with E-state index in [2.05, 4.69) is 10.6 Å². The van der Waals surface area contributed by atoms with Gasteiger partial charge in [0.25, 0.3) is 0 Å². The van der Waals surface area contributed by atoms with E-state index in [1.165, 1.54) is 24.3 Å². The molecule has 2 aliphatic heterocycles. The summed E-state index contributed by atoms with van der Waals surface area (Å²) in [6, 6.07) is 27.4. The van der Waals surface area contributed by atoms with Gasteiger partial charge in [0.15, 0.2) is 30.8 Å². The van der Waals surface area contributed by atoms with Gasteiger partial charge in [-0.3, -0.25) is 34.1 Å². The second-order valence-electron chi connectivity index (χ2n) is 17.1. The van der Waals surface area contributed by atoms with E-state index < -0.39 is 126 Å². The first-order valence-corrected chi connectivity index (χ1v) is 25.3. The lowest BCUT2D eigenvalue weighted by molar-refractivity contribution is -0.324. The number of benzene rings is 4. The van der Waals surface area contributed by atoms with Crippen molar-refractivity contribution in [2.45, 2.75) is 94.8 Å². The van der Waals surface area contributed by atoms with Gasteiger partial charge in [0.1, 0.15) is 50.2 Å². The second-order valence-corrected chi connectivity index (χ2v) is 19.2. The van der Waals surface area contributed by atoms with Gasteiger partial charge in [-0.2, -0.15) is 0 Å². The molecule has 4 aromatic carbocycles. The van der Waals surface area contributed by atoms with Crippen molar-refractivity contribution in [3.8, 4) is 11.1 Å². The standard InChI is InChI=1S/C51H49N3O18S2/c1-26(55)52-39-43(71-47(60)31-17-9-6-10-18-31)41(72-48-40(54-50(62)73-74-51(54)63)44(68-29(4)58)42(67-28(3)57)38(70-48)24-64-27(2)56)37(25-65-46(59)30-15-7-5-8-16-30)69-45(39)53-49(61)66-23-36-34-21-13-11-19-32(34)33-20-12-14-22-35(33)36/h5-22,36-45,48H,23-25H2,1-4H3,(H,52,55)(H,53,61)/t37-,38-,39-,40-,41-,42-,43-,44-,45-,48+/m1/s1. The third-order valence-electron chi connectivity index (χ3n) is 12.1. The SMILES string of the molecule is CC(=O)N[C@@H]1[C@@H](OC(=O)c2ccccc2)[C@H](O[C@@H]2O[C@H](COC(C)=O)[C@@H](OC(C)=O)[C@H](OC(C)=O)[C@H]2n2c(=O)ssc2=O)[C@@H](COC(=O)c2ccccc2)O[C@H]1NC(=O)OCC1c2ccccc2-c2ccccc21. The Morgan fingerprint density at radius 1 is 0.541 bits per heavy atom. The van der Waals surface area contributed by atoms with Gasteiger partial charge in [-0.05, 0) is 67.2 Å². The molecule has 2 fully saturated rings. The molecular weight excluding hydrogens is 1010 g/mol. The van der Waals surface area contributed by atoms with E-state index in [1.54, 1.807) is 36.4 Å². The van der Waals surface area contributed by atoms with Crippen molar-refractivity contribution < 1.29 is 76.2 Å². The summed E-state index contributed by atoms with van der Waals surface area (Å²) < 4.78 is 54.9. The molecule has 8 rings (SSSR count). The Morgan fingerprint density at radius 3 is 1.64 bits per heavy atom. The number of carbonyl (C=O) groups is 7. The highest BCUT2D eigenvalue weighted by Gasteiger charge is 2.57. The number of amides is 2. The molecule has 3 aliphatic rings. The lowest BCUT2D eigenvalue weighted by Gasteiger charge is -2.49. The topological polar surface area (TPSA) is 266 Å². The summed E-state index contributed by atoms with van der Waals surface area (Å²) in [6.45, 7) is 2.71. The summed E-state index contributed by atoms with van der Waals surface area (Å²) >= 11 is 0. The lowest BCUT2D eigenvalue weighted by atomic mass is 9.93. The maximum atomic E-state index is 14.3. The number of esters is 5. The van der Waals surface area contributed by atoms with Gasteiger partial charge < -0.3 is 47.9 Å². The summed E-state index contributed by atoms with van der Waals surface area (Å²) in [5, 5.41) is 5.32.